The molecule has 1 heterocycles. The van der Waals surface area contributed by atoms with E-state index in [4.69, 9.17) is 4.74 Å². The number of benzene rings is 1. The average Bonchev–Trinajstić information content (AvgIpc) is 2.52. The van der Waals surface area contributed by atoms with Crippen molar-refractivity contribution in [2.24, 2.45) is 0 Å². The van der Waals surface area contributed by atoms with Gasteiger partial charge in [0.05, 0.1) is 6.61 Å². The molecule has 0 spiro atoms. The smallest absolute Gasteiger partial charge is 0.187 e. The highest BCUT2D eigenvalue weighted by molar-refractivity contribution is 6.06. The van der Waals surface area contributed by atoms with Gasteiger partial charge >= 0.3 is 0 Å². The van der Waals surface area contributed by atoms with Gasteiger partial charge in [-0.15, -0.1) is 0 Å². The normalized spacial score (nSPS) is 10.7. The fraction of sp³-hybridized carbons (Fsp3) is 0.176. The predicted octanol–water partition coefficient (Wildman–Crippen LogP) is 3.77. The number of nitrogens with zero attached hydrogens (tertiary/aromatic N) is 1. The molecule has 0 radical (unpaired) electrons. The minimum Gasteiger partial charge on any atom is -0.494 e. The number of carbonyl (C=O) groups excluding carboxylic acids is 1. The molecule has 2 aromatic rings. The van der Waals surface area contributed by atoms with Crippen molar-refractivity contribution >= 4 is 11.9 Å². The van der Waals surface area contributed by atoms with Crippen LogP contribution in [0.1, 0.15) is 29.3 Å². The molecule has 0 atom stereocenters. The van der Waals surface area contributed by atoms with Gasteiger partial charge < -0.3 is 4.74 Å². The Kier molecular flexibility index (Phi) is 5.07. The zero-order valence-corrected chi connectivity index (χ0v) is 11.5. The van der Waals surface area contributed by atoms with E-state index in [1.54, 1.807) is 36.7 Å². The van der Waals surface area contributed by atoms with Crippen molar-refractivity contribution < 1.29 is 9.53 Å². The summed E-state index contributed by atoms with van der Waals surface area (Å²) in [4.78, 5) is 15.8. The number of ketones is 1. The molecule has 0 unspecified atom stereocenters. The third-order valence-corrected chi connectivity index (χ3v) is 2.73. The van der Waals surface area contributed by atoms with E-state index in [9.17, 15) is 4.79 Å². The van der Waals surface area contributed by atoms with E-state index in [1.165, 1.54) is 0 Å². The van der Waals surface area contributed by atoms with Gasteiger partial charge in [-0.3, -0.25) is 9.78 Å². The molecule has 20 heavy (non-hydrogen) atoms. The number of carbonyl (C=O) groups is 1. The Morgan fingerprint density at radius 3 is 2.70 bits per heavy atom. The molecule has 3 nitrogen and oxygen atoms in total. The van der Waals surface area contributed by atoms with Crippen LogP contribution < -0.4 is 4.74 Å². The first-order valence-corrected chi connectivity index (χ1v) is 6.65. The van der Waals surface area contributed by atoms with Crippen LogP contribution in [-0.2, 0) is 0 Å². The van der Waals surface area contributed by atoms with Gasteiger partial charge in [-0.2, -0.15) is 0 Å². The third-order valence-electron chi connectivity index (χ3n) is 2.73. The molecular weight excluding hydrogens is 250 g/mol. The molecule has 3 heteroatoms. The molecule has 2 rings (SSSR count). The number of hydrogen-bond donors (Lipinski definition) is 0. The quantitative estimate of drug-likeness (QED) is 0.591. The Morgan fingerprint density at radius 1 is 1.25 bits per heavy atom. The fourth-order valence-corrected chi connectivity index (χ4v) is 1.67. The first-order valence-electron chi connectivity index (χ1n) is 6.65. The van der Waals surface area contributed by atoms with Gasteiger partial charge in [-0.1, -0.05) is 25.1 Å². The van der Waals surface area contributed by atoms with Gasteiger partial charge in [-0.05, 0) is 42.3 Å². The van der Waals surface area contributed by atoms with Gasteiger partial charge in [0.2, 0.25) is 0 Å². The highest BCUT2D eigenvalue weighted by Crippen LogP contribution is 2.13. The van der Waals surface area contributed by atoms with Crippen LogP contribution in [0.15, 0.2) is 54.9 Å². The maximum absolute atomic E-state index is 11.9. The van der Waals surface area contributed by atoms with Crippen LogP contribution in [0.5, 0.6) is 5.75 Å². The topological polar surface area (TPSA) is 39.2 Å². The van der Waals surface area contributed by atoms with E-state index >= 15 is 0 Å². The Hall–Kier alpha value is -2.42. The van der Waals surface area contributed by atoms with Gasteiger partial charge in [0.1, 0.15) is 5.75 Å². The van der Waals surface area contributed by atoms with Crippen molar-refractivity contribution in [2.45, 2.75) is 13.3 Å². The molecule has 0 amide bonds. The Balaban J connectivity index is 1.99. The Bertz CT molecular complexity index is 574. The monoisotopic (exact) mass is 267 g/mol. The SMILES string of the molecule is CCCOc1ccc(/C=C/C(=O)c2cccnc2)cc1. The molecule has 0 saturated heterocycles. The second kappa shape index (κ2) is 7.24. The molecule has 0 aliphatic carbocycles. The fourth-order valence-electron chi connectivity index (χ4n) is 1.67. The highest BCUT2D eigenvalue weighted by Gasteiger charge is 2.00. The summed E-state index contributed by atoms with van der Waals surface area (Å²) >= 11 is 0. The van der Waals surface area contributed by atoms with Crippen LogP contribution in [0.4, 0.5) is 0 Å². The summed E-state index contributed by atoms with van der Waals surface area (Å²) in [6, 6.07) is 11.2. The maximum Gasteiger partial charge on any atom is 0.187 e. The molecule has 1 aromatic carbocycles. The van der Waals surface area contributed by atoms with Gasteiger partial charge in [-0.25, -0.2) is 0 Å². The number of aromatic nitrogens is 1. The van der Waals surface area contributed by atoms with E-state index < -0.39 is 0 Å². The van der Waals surface area contributed by atoms with Crippen molar-refractivity contribution in [1.29, 1.82) is 0 Å². The van der Waals surface area contributed by atoms with Crippen LogP contribution >= 0.6 is 0 Å². The zero-order valence-electron chi connectivity index (χ0n) is 11.5. The summed E-state index contributed by atoms with van der Waals surface area (Å²) in [6.07, 6.45) is 7.54. The standard InChI is InChI=1S/C17H17NO2/c1-2-12-20-16-8-5-14(6-9-16)7-10-17(19)15-4-3-11-18-13-15/h3-11,13H,2,12H2,1H3/b10-7+. The Labute approximate surface area is 118 Å². The van der Waals surface area contributed by atoms with Crippen molar-refractivity contribution in [2.75, 3.05) is 6.61 Å². The lowest BCUT2D eigenvalue weighted by atomic mass is 10.1. The summed E-state index contributed by atoms with van der Waals surface area (Å²) < 4.78 is 5.51. The molecular formula is C17H17NO2. The number of ether oxygens (including phenoxy) is 1. The lowest BCUT2D eigenvalue weighted by Gasteiger charge is -2.03. The second-order valence-corrected chi connectivity index (χ2v) is 4.36. The van der Waals surface area contributed by atoms with Gasteiger partial charge in [0.25, 0.3) is 0 Å². The largest absolute Gasteiger partial charge is 0.494 e. The second-order valence-electron chi connectivity index (χ2n) is 4.36. The van der Waals surface area contributed by atoms with Gasteiger partial charge in [0, 0.05) is 18.0 Å². The minimum absolute atomic E-state index is 0.0515. The van der Waals surface area contributed by atoms with E-state index in [1.807, 2.05) is 24.3 Å². The highest BCUT2D eigenvalue weighted by atomic mass is 16.5. The molecule has 0 N–H and O–H groups in total. The molecule has 102 valence electrons. The van der Waals surface area contributed by atoms with E-state index in [0.29, 0.717) is 12.2 Å². The van der Waals surface area contributed by atoms with Crippen molar-refractivity contribution in [3.63, 3.8) is 0 Å². The van der Waals surface area contributed by atoms with Crippen LogP contribution in [0.2, 0.25) is 0 Å². The van der Waals surface area contributed by atoms with Crippen LogP contribution in [-0.4, -0.2) is 17.4 Å². The molecule has 0 fully saturated rings. The molecule has 0 aliphatic heterocycles. The first-order chi connectivity index (χ1) is 9.79. The minimum atomic E-state index is -0.0515. The lowest BCUT2D eigenvalue weighted by Crippen LogP contribution is -1.95. The zero-order chi connectivity index (χ0) is 14.2. The summed E-state index contributed by atoms with van der Waals surface area (Å²) in [5, 5.41) is 0. The predicted molar refractivity (Wildman–Crippen MR) is 79.8 cm³/mol. The molecule has 1 aromatic heterocycles. The van der Waals surface area contributed by atoms with Crippen molar-refractivity contribution in [1.82, 2.24) is 4.98 Å². The lowest BCUT2D eigenvalue weighted by molar-refractivity contribution is 0.104. The number of pyridine rings is 1. The van der Waals surface area contributed by atoms with E-state index in [-0.39, 0.29) is 5.78 Å². The summed E-state index contributed by atoms with van der Waals surface area (Å²) in [5.74, 6) is 0.798. The summed E-state index contributed by atoms with van der Waals surface area (Å²) in [7, 11) is 0. The summed E-state index contributed by atoms with van der Waals surface area (Å²) in [6.45, 7) is 2.79. The summed E-state index contributed by atoms with van der Waals surface area (Å²) in [5.41, 5.74) is 1.55. The van der Waals surface area contributed by atoms with Crippen LogP contribution in [0.3, 0.4) is 0 Å². The van der Waals surface area contributed by atoms with E-state index in [2.05, 4.69) is 11.9 Å². The number of hydrogen-bond acceptors (Lipinski definition) is 3. The molecule has 0 saturated carbocycles. The van der Waals surface area contributed by atoms with Gasteiger partial charge in [0.15, 0.2) is 5.78 Å². The maximum atomic E-state index is 11.9. The van der Waals surface area contributed by atoms with Crippen molar-refractivity contribution in [3.8, 4) is 5.75 Å². The number of allylic oxidation sites excluding steroid dienone is 1. The van der Waals surface area contributed by atoms with Crippen LogP contribution in [0, 0.1) is 0 Å². The third kappa shape index (κ3) is 4.05. The Morgan fingerprint density at radius 2 is 2.05 bits per heavy atom. The first kappa shape index (κ1) is 14.0. The van der Waals surface area contributed by atoms with Crippen molar-refractivity contribution in [3.05, 3.63) is 66.0 Å². The average molecular weight is 267 g/mol. The number of rotatable bonds is 6. The van der Waals surface area contributed by atoms with E-state index in [0.717, 1.165) is 17.7 Å². The van der Waals surface area contributed by atoms with Crippen LogP contribution in [0.25, 0.3) is 6.08 Å². The molecule has 0 aliphatic rings. The molecule has 0 bridgehead atoms.